The molecule has 0 spiro atoms. The summed E-state index contributed by atoms with van der Waals surface area (Å²) in [6, 6.07) is 14.7. The number of benzene rings is 2. The lowest BCUT2D eigenvalue weighted by Crippen LogP contribution is -2.00. The van der Waals surface area contributed by atoms with Gasteiger partial charge in [-0.2, -0.15) is 0 Å². The highest BCUT2D eigenvalue weighted by Gasteiger charge is 2.11. The fraction of sp³-hybridized carbons (Fsp3) is 0.368. The zero-order chi connectivity index (χ0) is 15.4. The molecule has 0 saturated heterocycles. The molecular formula is C19H23ClO. The third-order valence-electron chi connectivity index (χ3n) is 3.95. The smallest absolute Gasteiger partial charge is 0.118 e. The van der Waals surface area contributed by atoms with Crippen LogP contribution < -0.4 is 4.74 Å². The average molecular weight is 303 g/mol. The molecule has 0 aliphatic carbocycles. The maximum absolute atomic E-state index is 6.36. The lowest BCUT2D eigenvalue weighted by Gasteiger charge is -2.15. The van der Waals surface area contributed by atoms with Gasteiger partial charge in [0, 0.05) is 5.02 Å². The molecule has 2 aromatic rings. The van der Waals surface area contributed by atoms with Crippen molar-refractivity contribution in [3.8, 4) is 5.75 Å². The zero-order valence-corrected chi connectivity index (χ0v) is 13.9. The molecule has 1 nitrogen and oxygen atoms in total. The van der Waals surface area contributed by atoms with Gasteiger partial charge < -0.3 is 4.74 Å². The molecular weight excluding hydrogens is 280 g/mol. The van der Waals surface area contributed by atoms with E-state index in [1.54, 1.807) is 7.11 Å². The van der Waals surface area contributed by atoms with E-state index in [2.05, 4.69) is 45.0 Å². The van der Waals surface area contributed by atoms with Crippen LogP contribution in [0, 0.1) is 0 Å². The highest BCUT2D eigenvalue weighted by molar-refractivity contribution is 6.31. The summed E-state index contributed by atoms with van der Waals surface area (Å²) in [6.07, 6.45) is 0.950. The fourth-order valence-electron chi connectivity index (χ4n) is 2.49. The zero-order valence-electron chi connectivity index (χ0n) is 13.2. The summed E-state index contributed by atoms with van der Waals surface area (Å²) < 4.78 is 5.21. The first kappa shape index (κ1) is 15.9. The Labute approximate surface area is 132 Å². The van der Waals surface area contributed by atoms with E-state index in [1.165, 1.54) is 16.7 Å². The first-order valence-corrected chi connectivity index (χ1v) is 7.81. The number of halogens is 1. The minimum absolute atomic E-state index is 0.427. The molecule has 0 radical (unpaired) electrons. The molecule has 0 heterocycles. The van der Waals surface area contributed by atoms with Crippen LogP contribution in [0.1, 0.15) is 49.3 Å². The molecule has 0 N–H and O–H groups in total. The third-order valence-corrected chi connectivity index (χ3v) is 4.32. The van der Waals surface area contributed by atoms with Crippen molar-refractivity contribution in [3.63, 3.8) is 0 Å². The second-order valence-electron chi connectivity index (χ2n) is 5.88. The summed E-state index contributed by atoms with van der Waals surface area (Å²) in [5, 5.41) is 0.861. The lowest BCUT2D eigenvalue weighted by molar-refractivity contribution is 0.414. The van der Waals surface area contributed by atoms with Gasteiger partial charge in [0.25, 0.3) is 0 Å². The van der Waals surface area contributed by atoms with Crippen LogP contribution >= 0.6 is 11.6 Å². The number of hydrogen-bond acceptors (Lipinski definition) is 1. The van der Waals surface area contributed by atoms with E-state index in [0.717, 1.165) is 17.2 Å². The highest BCUT2D eigenvalue weighted by atomic mass is 35.5. The first-order valence-electron chi connectivity index (χ1n) is 7.43. The van der Waals surface area contributed by atoms with Crippen LogP contribution in [0.25, 0.3) is 0 Å². The fourth-order valence-corrected chi connectivity index (χ4v) is 2.69. The van der Waals surface area contributed by atoms with Gasteiger partial charge in [0.05, 0.1) is 7.11 Å². The summed E-state index contributed by atoms with van der Waals surface area (Å²) in [7, 11) is 1.69. The molecule has 0 aliphatic heterocycles. The van der Waals surface area contributed by atoms with Gasteiger partial charge in [-0.05, 0) is 53.1 Å². The number of hydrogen-bond donors (Lipinski definition) is 0. The van der Waals surface area contributed by atoms with E-state index >= 15 is 0 Å². The molecule has 0 aromatic heterocycles. The van der Waals surface area contributed by atoms with Crippen molar-refractivity contribution >= 4 is 11.6 Å². The monoisotopic (exact) mass is 302 g/mol. The van der Waals surface area contributed by atoms with Gasteiger partial charge in [0.2, 0.25) is 0 Å². The normalized spacial score (nSPS) is 12.5. The van der Waals surface area contributed by atoms with Gasteiger partial charge in [-0.25, -0.2) is 0 Å². The maximum atomic E-state index is 6.36. The van der Waals surface area contributed by atoms with Crippen LogP contribution in [-0.4, -0.2) is 7.11 Å². The Morgan fingerprint density at radius 3 is 2.14 bits per heavy atom. The van der Waals surface area contributed by atoms with E-state index in [1.807, 2.05) is 18.2 Å². The highest BCUT2D eigenvalue weighted by Crippen LogP contribution is 2.28. The van der Waals surface area contributed by atoms with Crippen molar-refractivity contribution in [3.05, 3.63) is 64.2 Å². The van der Waals surface area contributed by atoms with Gasteiger partial charge in [-0.1, -0.05) is 56.6 Å². The minimum Gasteiger partial charge on any atom is -0.497 e. The molecule has 2 aromatic carbocycles. The van der Waals surface area contributed by atoms with Crippen LogP contribution in [0.2, 0.25) is 5.02 Å². The topological polar surface area (TPSA) is 9.23 Å². The van der Waals surface area contributed by atoms with Crippen LogP contribution in [0.15, 0.2) is 42.5 Å². The molecule has 2 heteroatoms. The Morgan fingerprint density at radius 1 is 0.952 bits per heavy atom. The summed E-state index contributed by atoms with van der Waals surface area (Å²) in [5.41, 5.74) is 3.88. The van der Waals surface area contributed by atoms with E-state index in [9.17, 15) is 0 Å². The van der Waals surface area contributed by atoms with Gasteiger partial charge in [-0.3, -0.25) is 0 Å². The molecule has 1 unspecified atom stereocenters. The molecule has 0 fully saturated rings. The second kappa shape index (κ2) is 7.00. The van der Waals surface area contributed by atoms with Gasteiger partial charge in [-0.15, -0.1) is 0 Å². The van der Waals surface area contributed by atoms with Crippen molar-refractivity contribution < 1.29 is 4.74 Å². The molecule has 21 heavy (non-hydrogen) atoms. The van der Waals surface area contributed by atoms with E-state index in [0.29, 0.717) is 11.8 Å². The van der Waals surface area contributed by atoms with Crippen molar-refractivity contribution in [2.75, 3.05) is 7.11 Å². The van der Waals surface area contributed by atoms with Gasteiger partial charge >= 0.3 is 0 Å². The number of methoxy groups -OCH3 is 1. The van der Waals surface area contributed by atoms with Crippen LogP contribution in [0.4, 0.5) is 0 Å². The average Bonchev–Trinajstić information content (AvgIpc) is 2.49. The van der Waals surface area contributed by atoms with Crippen molar-refractivity contribution in [2.24, 2.45) is 0 Å². The van der Waals surface area contributed by atoms with E-state index in [4.69, 9.17) is 16.3 Å². The summed E-state index contributed by atoms with van der Waals surface area (Å²) in [5.74, 6) is 1.85. The molecule has 0 aliphatic rings. The molecule has 0 bridgehead atoms. The van der Waals surface area contributed by atoms with Gasteiger partial charge in [0.1, 0.15) is 5.75 Å². The Kier molecular flexibility index (Phi) is 5.30. The molecule has 0 amide bonds. The summed E-state index contributed by atoms with van der Waals surface area (Å²) >= 11 is 6.36. The number of rotatable bonds is 5. The predicted molar refractivity (Wildman–Crippen MR) is 90.7 cm³/mol. The molecule has 112 valence electrons. The van der Waals surface area contributed by atoms with E-state index < -0.39 is 0 Å². The Balaban J connectivity index is 2.18. The number of ether oxygens (including phenoxy) is 1. The minimum atomic E-state index is 0.427. The maximum Gasteiger partial charge on any atom is 0.118 e. The molecule has 2 rings (SSSR count). The lowest BCUT2D eigenvalue weighted by atomic mass is 9.91. The second-order valence-corrected chi connectivity index (χ2v) is 6.29. The summed E-state index contributed by atoms with van der Waals surface area (Å²) in [4.78, 5) is 0. The SMILES string of the molecule is COc1ccc(C(C)Cc2cc(C(C)C)ccc2Cl)cc1. The Hall–Kier alpha value is -1.47. The molecule has 1 atom stereocenters. The van der Waals surface area contributed by atoms with Crippen molar-refractivity contribution in [2.45, 2.75) is 39.0 Å². The van der Waals surface area contributed by atoms with Gasteiger partial charge in [0.15, 0.2) is 0 Å². The predicted octanol–water partition coefficient (Wildman–Crippen LogP) is 5.82. The summed E-state index contributed by atoms with van der Waals surface area (Å²) in [6.45, 7) is 6.65. The van der Waals surface area contributed by atoms with Crippen molar-refractivity contribution in [1.82, 2.24) is 0 Å². The van der Waals surface area contributed by atoms with E-state index in [-0.39, 0.29) is 0 Å². The first-order chi connectivity index (χ1) is 10.0. The van der Waals surface area contributed by atoms with Crippen LogP contribution in [0.3, 0.4) is 0 Å². The standard InChI is InChI=1S/C19H23ClO/c1-13(2)16-7-10-19(20)17(12-16)11-14(3)15-5-8-18(21-4)9-6-15/h5-10,12-14H,11H2,1-4H3. The quantitative estimate of drug-likeness (QED) is 0.676. The Bertz CT molecular complexity index is 587. The largest absolute Gasteiger partial charge is 0.497 e. The Morgan fingerprint density at radius 2 is 1.57 bits per heavy atom. The van der Waals surface area contributed by atoms with Crippen LogP contribution in [0.5, 0.6) is 5.75 Å². The molecule has 0 saturated carbocycles. The van der Waals surface area contributed by atoms with Crippen LogP contribution in [-0.2, 0) is 6.42 Å². The third kappa shape index (κ3) is 4.01. The van der Waals surface area contributed by atoms with Crippen molar-refractivity contribution in [1.29, 1.82) is 0 Å².